The zero-order valence-corrected chi connectivity index (χ0v) is 13.6. The Labute approximate surface area is 125 Å². The first-order chi connectivity index (χ1) is 8.70. The second-order valence-corrected chi connectivity index (χ2v) is 5.32. The van der Waals surface area contributed by atoms with Crippen LogP contribution in [0.3, 0.4) is 0 Å². The molecule has 0 saturated heterocycles. The van der Waals surface area contributed by atoms with Crippen LogP contribution >= 0.6 is 31.9 Å². The predicted octanol–water partition coefficient (Wildman–Crippen LogP) is 3.20. The lowest BCUT2D eigenvalue weighted by atomic mass is 10.1. The highest BCUT2D eigenvalue weighted by Gasteiger charge is 2.04. The molecule has 0 N–H and O–H groups in total. The lowest BCUT2D eigenvalue weighted by Gasteiger charge is -2.03. The van der Waals surface area contributed by atoms with Gasteiger partial charge in [-0.25, -0.2) is 0 Å². The van der Waals surface area contributed by atoms with E-state index in [0.717, 1.165) is 25.7 Å². The van der Waals surface area contributed by atoms with Gasteiger partial charge < -0.3 is 9.47 Å². The van der Waals surface area contributed by atoms with Crippen molar-refractivity contribution in [1.29, 1.82) is 0 Å². The monoisotopic (exact) mass is 386 g/mol. The molecule has 0 aromatic rings. The van der Waals surface area contributed by atoms with Gasteiger partial charge in [0.15, 0.2) is 0 Å². The van der Waals surface area contributed by atoms with Crippen molar-refractivity contribution in [1.82, 2.24) is 0 Å². The average Bonchev–Trinajstić information content (AvgIpc) is 2.37. The zero-order valence-electron chi connectivity index (χ0n) is 10.5. The average molecular weight is 388 g/mol. The van der Waals surface area contributed by atoms with E-state index in [1.54, 1.807) is 0 Å². The number of hydrogen-bond donors (Lipinski definition) is 0. The highest BCUT2D eigenvalue weighted by molar-refractivity contribution is 9.09. The zero-order chi connectivity index (χ0) is 13.6. The van der Waals surface area contributed by atoms with E-state index in [0.29, 0.717) is 36.7 Å². The molecule has 0 saturated carbocycles. The summed E-state index contributed by atoms with van der Waals surface area (Å²) in [5, 5.41) is 1.35. The Balaban J connectivity index is 3.25. The molecule has 0 aromatic heterocycles. The number of hydrogen-bond acceptors (Lipinski definition) is 4. The Morgan fingerprint density at radius 3 is 1.44 bits per heavy atom. The topological polar surface area (TPSA) is 52.6 Å². The minimum absolute atomic E-state index is 0.147. The Morgan fingerprint density at radius 1 is 0.722 bits per heavy atom. The summed E-state index contributed by atoms with van der Waals surface area (Å²) in [5.74, 6) is -0.294. The number of ether oxygens (including phenoxy) is 2. The molecular weight excluding hydrogens is 368 g/mol. The van der Waals surface area contributed by atoms with Gasteiger partial charge in [0.1, 0.15) is 13.2 Å². The molecule has 106 valence electrons. The van der Waals surface area contributed by atoms with Gasteiger partial charge in [0.05, 0.1) is 0 Å². The van der Waals surface area contributed by atoms with E-state index < -0.39 is 0 Å². The van der Waals surface area contributed by atoms with Crippen molar-refractivity contribution in [3.05, 3.63) is 0 Å². The van der Waals surface area contributed by atoms with Gasteiger partial charge in [-0.2, -0.15) is 0 Å². The van der Waals surface area contributed by atoms with Crippen molar-refractivity contribution >= 4 is 43.8 Å². The van der Waals surface area contributed by atoms with E-state index in [1.165, 1.54) is 0 Å². The summed E-state index contributed by atoms with van der Waals surface area (Å²) in [5.41, 5.74) is 0. The number of esters is 2. The van der Waals surface area contributed by atoms with Gasteiger partial charge in [0.25, 0.3) is 0 Å². The smallest absolute Gasteiger partial charge is 0.305 e. The quantitative estimate of drug-likeness (QED) is 0.310. The number of halogens is 2. The van der Waals surface area contributed by atoms with E-state index in [1.807, 2.05) is 0 Å². The third-order valence-corrected chi connectivity index (χ3v) is 2.84. The summed E-state index contributed by atoms with van der Waals surface area (Å²) in [6, 6.07) is 0. The molecular formula is C12H20Br2O4. The summed E-state index contributed by atoms with van der Waals surface area (Å²) in [6.45, 7) is 0.858. The van der Waals surface area contributed by atoms with Crippen molar-refractivity contribution in [2.45, 2.75) is 38.5 Å². The molecule has 0 atom stereocenters. The Morgan fingerprint density at radius 2 is 1.11 bits per heavy atom. The molecule has 0 unspecified atom stereocenters. The van der Waals surface area contributed by atoms with Crippen molar-refractivity contribution in [3.63, 3.8) is 0 Å². The fourth-order valence-electron chi connectivity index (χ4n) is 1.34. The van der Waals surface area contributed by atoms with E-state index in [-0.39, 0.29) is 11.9 Å². The van der Waals surface area contributed by atoms with Crippen LogP contribution in [0.4, 0.5) is 0 Å². The third-order valence-electron chi connectivity index (χ3n) is 2.19. The van der Waals surface area contributed by atoms with Gasteiger partial charge in [-0.15, -0.1) is 0 Å². The minimum atomic E-state index is -0.147. The molecule has 0 amide bonds. The molecule has 0 spiro atoms. The van der Waals surface area contributed by atoms with E-state index in [2.05, 4.69) is 31.9 Å². The summed E-state index contributed by atoms with van der Waals surface area (Å²) < 4.78 is 9.83. The first kappa shape index (κ1) is 17.9. The molecule has 0 rings (SSSR count). The molecule has 4 nitrogen and oxygen atoms in total. The van der Waals surface area contributed by atoms with Crippen LogP contribution in [0.25, 0.3) is 0 Å². The van der Waals surface area contributed by atoms with Crippen LogP contribution in [0.15, 0.2) is 0 Å². The molecule has 0 fully saturated rings. The third kappa shape index (κ3) is 12.4. The largest absolute Gasteiger partial charge is 0.465 e. The molecule has 0 aromatic carbocycles. The summed E-state index contributed by atoms with van der Waals surface area (Å²) in [6.07, 6.45) is 4.43. The Kier molecular flexibility index (Phi) is 13.3. The van der Waals surface area contributed by atoms with Crippen LogP contribution in [-0.4, -0.2) is 35.8 Å². The second kappa shape index (κ2) is 13.3. The number of alkyl halides is 2. The molecule has 0 radical (unpaired) electrons. The highest BCUT2D eigenvalue weighted by Crippen LogP contribution is 2.07. The van der Waals surface area contributed by atoms with Gasteiger partial charge in [0.2, 0.25) is 0 Å². The van der Waals surface area contributed by atoms with Gasteiger partial charge in [-0.3, -0.25) is 9.59 Å². The summed E-state index contributed by atoms with van der Waals surface area (Å²) in [4.78, 5) is 22.3. The van der Waals surface area contributed by atoms with Crippen molar-refractivity contribution in [3.8, 4) is 0 Å². The molecule has 0 aliphatic heterocycles. The van der Waals surface area contributed by atoms with Crippen molar-refractivity contribution in [2.24, 2.45) is 0 Å². The lowest BCUT2D eigenvalue weighted by molar-refractivity contribution is -0.144. The Bertz CT molecular complexity index is 210. The van der Waals surface area contributed by atoms with Gasteiger partial charge in [-0.1, -0.05) is 44.7 Å². The standard InChI is InChI=1S/C12H20Br2O4/c13-7-9-17-11(15)5-3-1-2-4-6-12(16)18-10-8-14/h1-10H2. The maximum Gasteiger partial charge on any atom is 0.305 e. The highest BCUT2D eigenvalue weighted by atomic mass is 79.9. The van der Waals surface area contributed by atoms with Crippen LogP contribution < -0.4 is 0 Å². The first-order valence-corrected chi connectivity index (χ1v) is 8.38. The number of unbranched alkanes of at least 4 members (excludes halogenated alkanes) is 3. The van der Waals surface area contributed by atoms with E-state index in [4.69, 9.17) is 9.47 Å². The second-order valence-electron chi connectivity index (χ2n) is 3.73. The SMILES string of the molecule is O=C(CCCCCCC(=O)OCCBr)OCCBr. The number of carbonyl (C=O) groups excluding carboxylic acids is 2. The molecule has 0 aliphatic carbocycles. The fraction of sp³-hybridized carbons (Fsp3) is 0.833. The number of carbonyl (C=O) groups is 2. The summed E-state index contributed by atoms with van der Waals surface area (Å²) in [7, 11) is 0. The van der Waals surface area contributed by atoms with E-state index in [9.17, 15) is 9.59 Å². The maximum absolute atomic E-state index is 11.1. The molecule has 0 bridgehead atoms. The first-order valence-electron chi connectivity index (χ1n) is 6.14. The molecule has 6 heteroatoms. The summed E-state index contributed by atoms with van der Waals surface area (Å²) >= 11 is 6.38. The normalized spacial score (nSPS) is 10.1. The van der Waals surface area contributed by atoms with Crippen LogP contribution in [0.1, 0.15) is 38.5 Å². The fourth-order valence-corrected chi connectivity index (χ4v) is 1.67. The van der Waals surface area contributed by atoms with Gasteiger partial charge in [-0.05, 0) is 12.8 Å². The maximum atomic E-state index is 11.1. The van der Waals surface area contributed by atoms with Crippen LogP contribution in [0, 0.1) is 0 Å². The van der Waals surface area contributed by atoms with Crippen LogP contribution in [-0.2, 0) is 19.1 Å². The number of rotatable bonds is 11. The predicted molar refractivity (Wildman–Crippen MR) is 77.2 cm³/mol. The van der Waals surface area contributed by atoms with Crippen LogP contribution in [0.2, 0.25) is 0 Å². The van der Waals surface area contributed by atoms with Crippen molar-refractivity contribution < 1.29 is 19.1 Å². The molecule has 18 heavy (non-hydrogen) atoms. The molecule has 0 heterocycles. The van der Waals surface area contributed by atoms with Crippen molar-refractivity contribution in [2.75, 3.05) is 23.9 Å². The van der Waals surface area contributed by atoms with Gasteiger partial charge in [0, 0.05) is 23.5 Å². The minimum Gasteiger partial charge on any atom is -0.465 e. The van der Waals surface area contributed by atoms with E-state index >= 15 is 0 Å². The Hall–Kier alpha value is -0.100. The van der Waals surface area contributed by atoms with Crippen LogP contribution in [0.5, 0.6) is 0 Å². The lowest BCUT2D eigenvalue weighted by Crippen LogP contribution is -2.07. The molecule has 0 aliphatic rings. The van der Waals surface area contributed by atoms with Gasteiger partial charge >= 0.3 is 11.9 Å².